The van der Waals surface area contributed by atoms with E-state index in [4.69, 9.17) is 0 Å². The topological polar surface area (TPSA) is 53.4 Å². The molecule has 0 unspecified atom stereocenters. The van der Waals surface area contributed by atoms with Gasteiger partial charge in [-0.25, -0.2) is 4.68 Å². The molecular weight excluding hydrogens is 406 g/mol. The third kappa shape index (κ3) is 3.82. The van der Waals surface area contributed by atoms with E-state index in [2.05, 4.69) is 33.3 Å². The number of likely N-dealkylation sites (N-methyl/N-ethyl adjacent to an activating group) is 1. The molecule has 4 aromatic rings. The van der Waals surface area contributed by atoms with Gasteiger partial charge in [0.05, 0.1) is 27.6 Å². The molecule has 0 atom stereocenters. The molecule has 2 aromatic carbocycles. The minimum atomic E-state index is -0.0817. The molecule has 31 heavy (non-hydrogen) atoms. The average molecular weight is 432 g/mol. The Kier molecular flexibility index (Phi) is 5.21. The number of aryl methyl sites for hydroxylation is 1. The zero-order valence-electron chi connectivity index (χ0n) is 17.7. The summed E-state index contributed by atoms with van der Waals surface area (Å²) in [4.78, 5) is 19.5. The van der Waals surface area contributed by atoms with Crippen LogP contribution in [0, 0.1) is 6.92 Å². The molecule has 1 fully saturated rings. The summed E-state index contributed by atoms with van der Waals surface area (Å²) < 4.78 is 1.92. The molecule has 0 aliphatic carbocycles. The number of nitrogens with zero attached hydrogens (tertiary/aromatic N) is 4. The fourth-order valence-electron chi connectivity index (χ4n) is 3.99. The molecule has 1 saturated heterocycles. The van der Waals surface area contributed by atoms with Gasteiger partial charge in [0.1, 0.15) is 4.83 Å². The number of thiophene rings is 1. The summed E-state index contributed by atoms with van der Waals surface area (Å²) in [5.41, 5.74) is 3.86. The lowest BCUT2D eigenvalue weighted by atomic mass is 10.2. The quantitative estimate of drug-likeness (QED) is 0.520. The van der Waals surface area contributed by atoms with Gasteiger partial charge in [-0.1, -0.05) is 30.3 Å². The summed E-state index contributed by atoms with van der Waals surface area (Å²) in [7, 11) is 2.14. The Balaban J connectivity index is 1.43. The van der Waals surface area contributed by atoms with E-state index in [1.807, 2.05) is 66.2 Å². The van der Waals surface area contributed by atoms with Crippen LogP contribution >= 0.6 is 11.3 Å². The van der Waals surface area contributed by atoms with Crippen LogP contribution in [-0.4, -0.2) is 53.8 Å². The molecule has 7 heteroatoms. The zero-order valence-corrected chi connectivity index (χ0v) is 18.5. The van der Waals surface area contributed by atoms with Gasteiger partial charge in [-0.05, 0) is 44.3 Å². The van der Waals surface area contributed by atoms with Crippen molar-refractivity contribution in [3.05, 3.63) is 71.2 Å². The molecule has 6 nitrogen and oxygen atoms in total. The van der Waals surface area contributed by atoms with Gasteiger partial charge < -0.3 is 15.1 Å². The molecule has 1 aliphatic heterocycles. The number of carbonyl (C=O) groups excluding carboxylic acids is 1. The lowest BCUT2D eigenvalue weighted by Crippen LogP contribution is -2.44. The van der Waals surface area contributed by atoms with Crippen LogP contribution in [0.25, 0.3) is 15.9 Å². The molecule has 0 saturated carbocycles. The van der Waals surface area contributed by atoms with E-state index in [1.165, 1.54) is 11.3 Å². The number of para-hydroxylation sites is 3. The summed E-state index contributed by atoms with van der Waals surface area (Å²) in [6, 6.07) is 20.0. The van der Waals surface area contributed by atoms with Crippen molar-refractivity contribution in [2.75, 3.05) is 43.4 Å². The van der Waals surface area contributed by atoms with Crippen LogP contribution in [0.1, 0.15) is 15.4 Å². The Morgan fingerprint density at radius 3 is 2.48 bits per heavy atom. The first kappa shape index (κ1) is 19.8. The number of hydrogen-bond donors (Lipinski definition) is 1. The van der Waals surface area contributed by atoms with Crippen LogP contribution < -0.4 is 10.2 Å². The van der Waals surface area contributed by atoms with Crippen molar-refractivity contribution >= 4 is 38.8 Å². The normalized spacial score (nSPS) is 14.8. The first-order valence-electron chi connectivity index (χ1n) is 10.5. The molecule has 0 spiro atoms. The fraction of sp³-hybridized carbons (Fsp3) is 0.250. The van der Waals surface area contributed by atoms with E-state index in [-0.39, 0.29) is 5.91 Å². The summed E-state index contributed by atoms with van der Waals surface area (Å²) in [6.45, 7) is 5.94. The van der Waals surface area contributed by atoms with E-state index >= 15 is 0 Å². The molecule has 1 aliphatic rings. The predicted octanol–water partition coefficient (Wildman–Crippen LogP) is 4.40. The number of piperazine rings is 1. The van der Waals surface area contributed by atoms with Crippen molar-refractivity contribution in [2.45, 2.75) is 6.92 Å². The third-order valence-electron chi connectivity index (χ3n) is 5.77. The number of benzene rings is 2. The highest BCUT2D eigenvalue weighted by molar-refractivity contribution is 7.20. The molecule has 3 heterocycles. The van der Waals surface area contributed by atoms with Crippen LogP contribution in [0.15, 0.2) is 60.7 Å². The standard InChI is InChI=1S/C24H25N5OS/c1-17-19-16-22(31-24(19)29(26-17)18-8-4-3-5-9-18)23(30)25-20-10-6-7-11-21(20)28-14-12-27(2)13-15-28/h3-11,16H,12-15H2,1-2H3,(H,25,30). The number of anilines is 2. The summed E-state index contributed by atoms with van der Waals surface area (Å²) in [5, 5.41) is 8.84. The number of hydrogen-bond acceptors (Lipinski definition) is 5. The Labute approximate surface area is 185 Å². The molecular formula is C24H25N5OS. The van der Waals surface area contributed by atoms with Gasteiger partial charge >= 0.3 is 0 Å². The second-order valence-electron chi connectivity index (χ2n) is 7.92. The van der Waals surface area contributed by atoms with Gasteiger partial charge in [0.2, 0.25) is 0 Å². The van der Waals surface area contributed by atoms with Gasteiger partial charge in [0.15, 0.2) is 0 Å². The van der Waals surface area contributed by atoms with Crippen LogP contribution in [0.5, 0.6) is 0 Å². The van der Waals surface area contributed by atoms with Gasteiger partial charge in [0, 0.05) is 31.6 Å². The number of rotatable bonds is 4. The van der Waals surface area contributed by atoms with Crippen molar-refractivity contribution in [3.8, 4) is 5.69 Å². The number of fused-ring (bicyclic) bond motifs is 1. The minimum Gasteiger partial charge on any atom is -0.367 e. The molecule has 0 bridgehead atoms. The van der Waals surface area contributed by atoms with E-state index < -0.39 is 0 Å². The fourth-order valence-corrected chi connectivity index (χ4v) is 5.07. The largest absolute Gasteiger partial charge is 0.367 e. The van der Waals surface area contributed by atoms with Crippen LogP contribution in [0.4, 0.5) is 11.4 Å². The van der Waals surface area contributed by atoms with Crippen molar-refractivity contribution in [3.63, 3.8) is 0 Å². The molecule has 158 valence electrons. The van der Waals surface area contributed by atoms with Gasteiger partial charge in [-0.2, -0.15) is 5.10 Å². The van der Waals surface area contributed by atoms with E-state index in [0.29, 0.717) is 4.88 Å². The number of carbonyl (C=O) groups is 1. The SMILES string of the molecule is Cc1nn(-c2ccccc2)c2sc(C(=O)Nc3ccccc3N3CCN(C)CC3)cc12. The van der Waals surface area contributed by atoms with E-state index in [9.17, 15) is 4.79 Å². The van der Waals surface area contributed by atoms with E-state index in [0.717, 1.165) is 59.2 Å². The maximum Gasteiger partial charge on any atom is 0.265 e. The van der Waals surface area contributed by atoms with Gasteiger partial charge in [-0.15, -0.1) is 11.3 Å². The molecule has 1 N–H and O–H groups in total. The van der Waals surface area contributed by atoms with Crippen molar-refractivity contribution in [2.24, 2.45) is 0 Å². The predicted molar refractivity (Wildman–Crippen MR) is 128 cm³/mol. The summed E-state index contributed by atoms with van der Waals surface area (Å²) in [6.07, 6.45) is 0. The third-order valence-corrected chi connectivity index (χ3v) is 6.87. The first-order valence-corrected chi connectivity index (χ1v) is 11.3. The molecule has 5 rings (SSSR count). The summed E-state index contributed by atoms with van der Waals surface area (Å²) in [5.74, 6) is -0.0817. The Morgan fingerprint density at radius 2 is 1.71 bits per heavy atom. The highest BCUT2D eigenvalue weighted by Crippen LogP contribution is 2.32. The molecule has 1 amide bonds. The van der Waals surface area contributed by atoms with Crippen LogP contribution in [0.3, 0.4) is 0 Å². The van der Waals surface area contributed by atoms with Gasteiger partial charge in [0.25, 0.3) is 5.91 Å². The Hall–Kier alpha value is -3.16. The smallest absolute Gasteiger partial charge is 0.265 e. The number of aromatic nitrogens is 2. The van der Waals surface area contributed by atoms with Gasteiger partial charge in [-0.3, -0.25) is 4.79 Å². The van der Waals surface area contributed by atoms with Crippen molar-refractivity contribution in [1.82, 2.24) is 14.7 Å². The molecule has 2 aromatic heterocycles. The second-order valence-corrected chi connectivity index (χ2v) is 8.95. The number of amides is 1. The summed E-state index contributed by atoms with van der Waals surface area (Å²) >= 11 is 1.48. The Morgan fingerprint density at radius 1 is 1.00 bits per heavy atom. The lowest BCUT2D eigenvalue weighted by Gasteiger charge is -2.35. The zero-order chi connectivity index (χ0) is 21.4. The highest BCUT2D eigenvalue weighted by Gasteiger charge is 2.20. The second kappa shape index (κ2) is 8.17. The monoisotopic (exact) mass is 431 g/mol. The number of nitrogens with one attached hydrogen (secondary N) is 1. The average Bonchev–Trinajstić information content (AvgIpc) is 3.36. The molecule has 0 radical (unpaired) electrons. The maximum atomic E-state index is 13.2. The van der Waals surface area contributed by atoms with Crippen LogP contribution in [0.2, 0.25) is 0 Å². The van der Waals surface area contributed by atoms with E-state index in [1.54, 1.807) is 0 Å². The van der Waals surface area contributed by atoms with Crippen molar-refractivity contribution < 1.29 is 4.79 Å². The maximum absolute atomic E-state index is 13.2. The Bertz CT molecular complexity index is 1220. The highest BCUT2D eigenvalue weighted by atomic mass is 32.1. The van der Waals surface area contributed by atoms with Crippen molar-refractivity contribution in [1.29, 1.82) is 0 Å². The van der Waals surface area contributed by atoms with Crippen LogP contribution in [-0.2, 0) is 0 Å². The first-order chi connectivity index (χ1) is 15.1. The lowest BCUT2D eigenvalue weighted by molar-refractivity contribution is 0.103. The minimum absolute atomic E-state index is 0.0817.